The van der Waals surface area contributed by atoms with Crippen LogP contribution in [0.4, 0.5) is 9.18 Å². The number of nitrogens with zero attached hydrogens (tertiary/aromatic N) is 3. The van der Waals surface area contributed by atoms with Gasteiger partial charge >= 0.3 is 17.8 Å². The quantitative estimate of drug-likeness (QED) is 0.475. The van der Waals surface area contributed by atoms with Gasteiger partial charge in [0.1, 0.15) is 12.4 Å². The molecule has 0 bridgehead atoms. The number of carbonyl (C=O) groups excluding carboxylic acids is 5. The van der Waals surface area contributed by atoms with Gasteiger partial charge in [0.25, 0.3) is 0 Å². The van der Waals surface area contributed by atoms with E-state index in [-0.39, 0.29) is 32.0 Å². The zero-order valence-corrected chi connectivity index (χ0v) is 16.3. The van der Waals surface area contributed by atoms with Crippen LogP contribution in [0.15, 0.2) is 24.3 Å². The Morgan fingerprint density at radius 1 is 1.03 bits per heavy atom. The van der Waals surface area contributed by atoms with Crippen LogP contribution in [0, 0.1) is 5.82 Å². The molecule has 1 saturated heterocycles. The van der Waals surface area contributed by atoms with Gasteiger partial charge in [0.2, 0.25) is 11.8 Å². The fourth-order valence-corrected chi connectivity index (χ4v) is 2.75. The Labute approximate surface area is 167 Å². The molecule has 0 saturated carbocycles. The van der Waals surface area contributed by atoms with Gasteiger partial charge in [-0.1, -0.05) is 19.1 Å². The topological polar surface area (TPSA) is 107 Å². The van der Waals surface area contributed by atoms with E-state index in [1.54, 1.807) is 13.8 Å². The van der Waals surface area contributed by atoms with Crippen molar-refractivity contribution < 1.29 is 28.4 Å². The lowest BCUT2D eigenvalue weighted by molar-refractivity contribution is -0.145. The molecule has 2 rings (SSSR count). The van der Waals surface area contributed by atoms with E-state index < -0.39 is 36.2 Å². The van der Waals surface area contributed by atoms with Gasteiger partial charge in [-0.25, -0.2) is 14.1 Å². The number of rotatable bonds is 9. The molecule has 1 aromatic rings. The zero-order valence-electron chi connectivity index (χ0n) is 16.3. The summed E-state index contributed by atoms with van der Waals surface area (Å²) < 4.78 is 12.9. The molecule has 6 amide bonds. The Morgan fingerprint density at radius 3 is 2.24 bits per heavy atom. The highest BCUT2D eigenvalue weighted by atomic mass is 19.1. The zero-order chi connectivity index (χ0) is 21.6. The average molecular weight is 406 g/mol. The highest BCUT2D eigenvalue weighted by molar-refractivity contribution is 6.45. The number of carbonyl (C=O) groups is 5. The number of benzene rings is 1. The summed E-state index contributed by atoms with van der Waals surface area (Å²) in [5, 5.41) is 2.62. The Balaban J connectivity index is 1.91. The van der Waals surface area contributed by atoms with Gasteiger partial charge in [0.15, 0.2) is 0 Å². The fourth-order valence-electron chi connectivity index (χ4n) is 2.75. The smallest absolute Gasteiger partial charge is 0.334 e. The molecule has 1 aliphatic rings. The second kappa shape index (κ2) is 9.76. The summed E-state index contributed by atoms with van der Waals surface area (Å²) in [6.07, 6.45) is 0.488. The van der Waals surface area contributed by atoms with Crippen molar-refractivity contribution in [3.8, 4) is 0 Å². The van der Waals surface area contributed by atoms with Crippen molar-refractivity contribution in [3.63, 3.8) is 0 Å². The highest BCUT2D eigenvalue weighted by Gasteiger charge is 2.45. The molecule has 0 unspecified atom stereocenters. The average Bonchev–Trinajstić information content (AvgIpc) is 2.90. The van der Waals surface area contributed by atoms with E-state index in [4.69, 9.17) is 0 Å². The summed E-state index contributed by atoms with van der Waals surface area (Å²) in [5.41, 5.74) is 0.692. The van der Waals surface area contributed by atoms with Crippen LogP contribution in [0.2, 0.25) is 0 Å². The van der Waals surface area contributed by atoms with Crippen LogP contribution in [-0.2, 0) is 25.7 Å². The number of halogens is 1. The summed E-state index contributed by atoms with van der Waals surface area (Å²) >= 11 is 0. The van der Waals surface area contributed by atoms with Crippen molar-refractivity contribution in [2.24, 2.45) is 0 Å². The molecule has 1 aliphatic heterocycles. The maximum absolute atomic E-state index is 12.9. The number of urea groups is 1. The molecule has 9 nitrogen and oxygen atoms in total. The van der Waals surface area contributed by atoms with Crippen LogP contribution < -0.4 is 5.32 Å². The number of imide groups is 2. The van der Waals surface area contributed by atoms with E-state index in [0.29, 0.717) is 16.9 Å². The summed E-state index contributed by atoms with van der Waals surface area (Å²) in [6, 6.07) is 4.78. The minimum atomic E-state index is -1.05. The van der Waals surface area contributed by atoms with E-state index in [1.807, 2.05) is 0 Å². The van der Waals surface area contributed by atoms with E-state index >= 15 is 0 Å². The first kappa shape index (κ1) is 22.0. The van der Waals surface area contributed by atoms with Crippen molar-refractivity contribution in [3.05, 3.63) is 35.6 Å². The number of likely N-dealkylation sites (N-methyl/N-ethyl adjacent to an activating group) is 1. The molecule has 0 atom stereocenters. The molecule has 1 heterocycles. The van der Waals surface area contributed by atoms with E-state index in [2.05, 4.69) is 5.32 Å². The predicted molar refractivity (Wildman–Crippen MR) is 99.6 cm³/mol. The summed E-state index contributed by atoms with van der Waals surface area (Å²) in [6.45, 7) is 2.94. The fraction of sp³-hybridized carbons (Fsp3) is 0.421. The standard InChI is InChI=1S/C19H23FN4O5/c1-3-9-23-17(27)18(28)24(19(23)29)12-16(26)22(4-2)11-15(25)21-10-13-5-7-14(20)8-6-13/h5-8H,3-4,9-12H2,1-2H3,(H,21,25). The molecule has 29 heavy (non-hydrogen) atoms. The molecule has 0 aliphatic carbocycles. The molecule has 0 spiro atoms. The monoisotopic (exact) mass is 406 g/mol. The largest absolute Gasteiger partial charge is 0.350 e. The first-order chi connectivity index (χ1) is 13.8. The van der Waals surface area contributed by atoms with E-state index in [1.165, 1.54) is 29.2 Å². The number of hydrogen-bond acceptors (Lipinski definition) is 5. The van der Waals surface area contributed by atoms with Crippen molar-refractivity contribution in [2.45, 2.75) is 26.8 Å². The minimum Gasteiger partial charge on any atom is -0.350 e. The molecule has 1 N–H and O–H groups in total. The lowest BCUT2D eigenvalue weighted by atomic mass is 10.2. The second-order valence-corrected chi connectivity index (χ2v) is 6.44. The van der Waals surface area contributed by atoms with Crippen molar-refractivity contribution in [1.82, 2.24) is 20.0 Å². The first-order valence-electron chi connectivity index (χ1n) is 9.24. The predicted octanol–water partition coefficient (Wildman–Crippen LogP) is 0.491. The summed E-state index contributed by atoms with van der Waals surface area (Å²) in [7, 11) is 0. The number of nitrogens with one attached hydrogen (secondary N) is 1. The van der Waals surface area contributed by atoms with Crippen LogP contribution >= 0.6 is 0 Å². The van der Waals surface area contributed by atoms with Gasteiger partial charge in [-0.3, -0.25) is 24.1 Å². The van der Waals surface area contributed by atoms with Crippen LogP contribution in [-0.4, -0.2) is 70.5 Å². The molecule has 1 aromatic carbocycles. The van der Waals surface area contributed by atoms with Gasteiger partial charge in [-0.15, -0.1) is 0 Å². The van der Waals surface area contributed by atoms with Crippen LogP contribution in [0.5, 0.6) is 0 Å². The maximum Gasteiger partial charge on any atom is 0.334 e. The second-order valence-electron chi connectivity index (χ2n) is 6.44. The van der Waals surface area contributed by atoms with Crippen molar-refractivity contribution in [2.75, 3.05) is 26.2 Å². The molecule has 1 fully saturated rings. The van der Waals surface area contributed by atoms with Gasteiger partial charge in [-0.05, 0) is 31.0 Å². The van der Waals surface area contributed by atoms with Gasteiger partial charge in [0, 0.05) is 19.6 Å². The summed E-state index contributed by atoms with van der Waals surface area (Å²) in [4.78, 5) is 63.2. The third-order valence-electron chi connectivity index (χ3n) is 4.35. The van der Waals surface area contributed by atoms with Gasteiger partial charge in [0.05, 0.1) is 6.54 Å². The van der Waals surface area contributed by atoms with Crippen LogP contribution in [0.25, 0.3) is 0 Å². The molecular weight excluding hydrogens is 383 g/mol. The van der Waals surface area contributed by atoms with E-state index in [9.17, 15) is 28.4 Å². The van der Waals surface area contributed by atoms with Crippen molar-refractivity contribution in [1.29, 1.82) is 0 Å². The van der Waals surface area contributed by atoms with Gasteiger partial charge < -0.3 is 10.2 Å². The van der Waals surface area contributed by atoms with E-state index in [0.717, 1.165) is 4.90 Å². The summed E-state index contributed by atoms with van der Waals surface area (Å²) in [5.74, 6) is -3.47. The maximum atomic E-state index is 12.9. The lowest BCUT2D eigenvalue weighted by Crippen LogP contribution is -2.46. The third kappa shape index (κ3) is 5.37. The molecule has 0 radical (unpaired) electrons. The Bertz CT molecular complexity index is 811. The molecule has 10 heteroatoms. The molecular formula is C19H23FN4O5. The Hall–Kier alpha value is -3.30. The molecule has 0 aromatic heterocycles. The third-order valence-corrected chi connectivity index (χ3v) is 4.35. The SMILES string of the molecule is CCCN1C(=O)C(=O)N(CC(=O)N(CC)CC(=O)NCc2ccc(F)cc2)C1=O. The number of hydrogen-bond donors (Lipinski definition) is 1. The first-order valence-corrected chi connectivity index (χ1v) is 9.24. The lowest BCUT2D eigenvalue weighted by Gasteiger charge is -2.22. The highest BCUT2D eigenvalue weighted by Crippen LogP contribution is 2.13. The van der Waals surface area contributed by atoms with Crippen LogP contribution in [0.3, 0.4) is 0 Å². The number of amides is 6. The van der Waals surface area contributed by atoms with Crippen molar-refractivity contribution >= 4 is 29.7 Å². The normalized spacial score (nSPS) is 13.8. The van der Waals surface area contributed by atoms with Crippen LogP contribution in [0.1, 0.15) is 25.8 Å². The van der Waals surface area contributed by atoms with Gasteiger partial charge in [-0.2, -0.15) is 0 Å². The minimum absolute atomic E-state index is 0.0946. The Morgan fingerprint density at radius 2 is 1.66 bits per heavy atom. The molecule has 156 valence electrons. The Kier molecular flexibility index (Phi) is 7.40.